The molecule has 24 heavy (non-hydrogen) atoms. The first-order valence-electron chi connectivity index (χ1n) is 8.77. The smallest absolute Gasteiger partial charge is 0.407 e. The molecule has 0 atom stereocenters. The van der Waals surface area contributed by atoms with Crippen LogP contribution >= 0.6 is 0 Å². The van der Waals surface area contributed by atoms with Gasteiger partial charge in [-0.25, -0.2) is 4.79 Å². The Balaban J connectivity index is 1.74. The van der Waals surface area contributed by atoms with Crippen LogP contribution in [-0.4, -0.2) is 28.5 Å². The highest BCUT2D eigenvalue weighted by atomic mass is 16.6. The van der Waals surface area contributed by atoms with Crippen LogP contribution in [-0.2, 0) is 11.2 Å². The maximum atomic E-state index is 12.0. The zero-order valence-corrected chi connectivity index (χ0v) is 14.8. The lowest BCUT2D eigenvalue weighted by Gasteiger charge is -2.38. The second kappa shape index (κ2) is 7.77. The summed E-state index contributed by atoms with van der Waals surface area (Å²) >= 11 is 0. The predicted octanol–water partition coefficient (Wildman–Crippen LogP) is 3.97. The van der Waals surface area contributed by atoms with Crippen LogP contribution < -0.4 is 5.32 Å². The summed E-state index contributed by atoms with van der Waals surface area (Å²) in [5, 5.41) is 21.5. The fourth-order valence-electron chi connectivity index (χ4n) is 3.31. The summed E-state index contributed by atoms with van der Waals surface area (Å²) in [5.74, 6) is 1.12. The van der Waals surface area contributed by atoms with Crippen molar-refractivity contribution in [1.82, 2.24) is 5.32 Å². The summed E-state index contributed by atoms with van der Waals surface area (Å²) in [4.78, 5) is 12.0. The average Bonchev–Trinajstić information content (AvgIpc) is 2.51. The zero-order valence-electron chi connectivity index (χ0n) is 14.8. The van der Waals surface area contributed by atoms with Crippen molar-refractivity contribution in [2.45, 2.75) is 58.5 Å². The number of amides is 1. The third-order valence-electron chi connectivity index (χ3n) is 5.09. The largest absolute Gasteiger partial charge is 0.504 e. The summed E-state index contributed by atoms with van der Waals surface area (Å²) in [5.41, 5.74) is 0.473. The molecule has 0 aliphatic heterocycles. The first kappa shape index (κ1) is 18.4. The summed E-state index contributed by atoms with van der Waals surface area (Å²) in [6.07, 6.45) is 4.21. The van der Waals surface area contributed by atoms with Gasteiger partial charge in [0.2, 0.25) is 0 Å². The van der Waals surface area contributed by atoms with Gasteiger partial charge >= 0.3 is 6.09 Å². The number of carbonyl (C=O) groups is 1. The van der Waals surface area contributed by atoms with Crippen molar-refractivity contribution in [3.8, 4) is 11.5 Å². The van der Waals surface area contributed by atoms with Crippen LogP contribution in [0.5, 0.6) is 11.5 Å². The van der Waals surface area contributed by atoms with Gasteiger partial charge in [0.05, 0.1) is 0 Å². The minimum atomic E-state index is -0.386. The number of alkyl carbamates (subject to hydrolysis) is 1. The number of nitrogens with one attached hydrogen (secondary N) is 1. The molecule has 1 amide bonds. The molecule has 1 fully saturated rings. The molecule has 3 N–H and O–H groups in total. The van der Waals surface area contributed by atoms with E-state index in [9.17, 15) is 15.0 Å². The quantitative estimate of drug-likeness (QED) is 0.711. The number of aromatic hydroxyl groups is 2. The van der Waals surface area contributed by atoms with Crippen molar-refractivity contribution < 1.29 is 19.7 Å². The topological polar surface area (TPSA) is 78.8 Å². The molecule has 134 valence electrons. The maximum Gasteiger partial charge on any atom is 0.407 e. The molecule has 5 nitrogen and oxygen atoms in total. The summed E-state index contributed by atoms with van der Waals surface area (Å²) < 4.78 is 5.65. The van der Waals surface area contributed by atoms with Gasteiger partial charge in [0.15, 0.2) is 11.5 Å². The van der Waals surface area contributed by atoms with Crippen molar-refractivity contribution in [2.24, 2.45) is 11.8 Å². The molecule has 1 saturated carbocycles. The standard InChI is InChI=1S/C19H29NO4/c1-13(2)15-6-9-19(3,10-7-15)24-18(23)20-11-8-14-4-5-16(21)17(22)12-14/h4-5,12-13,15,21-22H,6-11H2,1-3H3,(H,20,23). The lowest BCUT2D eigenvalue weighted by molar-refractivity contribution is -0.0171. The van der Waals surface area contributed by atoms with E-state index >= 15 is 0 Å². The molecule has 1 aromatic rings. The highest BCUT2D eigenvalue weighted by Crippen LogP contribution is 2.37. The monoisotopic (exact) mass is 335 g/mol. The number of phenols is 2. The van der Waals surface area contributed by atoms with Crippen LogP contribution in [0.15, 0.2) is 18.2 Å². The minimum absolute atomic E-state index is 0.143. The normalized spacial score (nSPS) is 23.9. The van der Waals surface area contributed by atoms with Crippen molar-refractivity contribution in [1.29, 1.82) is 0 Å². The molecule has 2 rings (SSSR count). The lowest BCUT2D eigenvalue weighted by atomic mass is 9.75. The van der Waals surface area contributed by atoms with Crippen molar-refractivity contribution >= 4 is 6.09 Å². The molecule has 1 aliphatic carbocycles. The van der Waals surface area contributed by atoms with Gasteiger partial charge in [-0.1, -0.05) is 19.9 Å². The first-order valence-corrected chi connectivity index (χ1v) is 8.77. The molecule has 0 saturated heterocycles. The van der Waals surface area contributed by atoms with E-state index in [-0.39, 0.29) is 23.2 Å². The third-order valence-corrected chi connectivity index (χ3v) is 5.09. The van der Waals surface area contributed by atoms with E-state index in [0.29, 0.717) is 18.9 Å². The van der Waals surface area contributed by atoms with Gasteiger partial charge < -0.3 is 20.3 Å². The zero-order chi connectivity index (χ0) is 17.7. The molecule has 0 aromatic heterocycles. The van der Waals surface area contributed by atoms with Crippen LogP contribution in [0.2, 0.25) is 0 Å². The summed E-state index contributed by atoms with van der Waals surface area (Å²) in [7, 11) is 0. The average molecular weight is 335 g/mol. The van der Waals surface area contributed by atoms with E-state index in [0.717, 1.165) is 37.2 Å². The molecule has 5 heteroatoms. The Morgan fingerprint density at radius 1 is 1.29 bits per heavy atom. The molecule has 0 radical (unpaired) electrons. The number of hydrogen-bond donors (Lipinski definition) is 3. The van der Waals surface area contributed by atoms with Crippen molar-refractivity contribution in [2.75, 3.05) is 6.54 Å². The first-order chi connectivity index (χ1) is 11.3. The molecule has 1 aromatic carbocycles. The minimum Gasteiger partial charge on any atom is -0.504 e. The number of benzene rings is 1. The highest BCUT2D eigenvalue weighted by Gasteiger charge is 2.35. The van der Waals surface area contributed by atoms with Gasteiger partial charge in [0, 0.05) is 6.54 Å². The number of phenolic OH excluding ortho intramolecular Hbond substituents is 2. The van der Waals surface area contributed by atoms with Crippen molar-refractivity contribution in [3.05, 3.63) is 23.8 Å². The Hall–Kier alpha value is -1.91. The molecule has 0 heterocycles. The van der Waals surface area contributed by atoms with Gasteiger partial charge in [-0.2, -0.15) is 0 Å². The Kier molecular flexibility index (Phi) is 5.97. The third kappa shape index (κ3) is 5.05. The number of hydrogen-bond acceptors (Lipinski definition) is 4. The Labute approximate surface area is 144 Å². The second-order valence-corrected chi connectivity index (χ2v) is 7.42. The summed E-state index contributed by atoms with van der Waals surface area (Å²) in [6.45, 7) is 6.94. The molecule has 0 unspecified atom stereocenters. The Morgan fingerprint density at radius 2 is 1.96 bits per heavy atom. The van der Waals surface area contributed by atoms with E-state index in [1.165, 1.54) is 12.1 Å². The molecular weight excluding hydrogens is 306 g/mol. The fourth-order valence-corrected chi connectivity index (χ4v) is 3.31. The summed E-state index contributed by atoms with van der Waals surface area (Å²) in [6, 6.07) is 4.66. The van der Waals surface area contributed by atoms with Gasteiger partial charge in [0.1, 0.15) is 5.60 Å². The van der Waals surface area contributed by atoms with Gasteiger partial charge in [-0.05, 0) is 68.6 Å². The van der Waals surface area contributed by atoms with E-state index in [1.807, 2.05) is 6.92 Å². The second-order valence-electron chi connectivity index (χ2n) is 7.42. The van der Waals surface area contributed by atoms with E-state index in [1.54, 1.807) is 6.07 Å². The van der Waals surface area contributed by atoms with Crippen molar-refractivity contribution in [3.63, 3.8) is 0 Å². The van der Waals surface area contributed by atoms with Gasteiger partial charge in [-0.3, -0.25) is 0 Å². The Bertz CT molecular complexity index is 562. The highest BCUT2D eigenvalue weighted by molar-refractivity contribution is 5.67. The molecule has 1 aliphatic rings. The van der Waals surface area contributed by atoms with Gasteiger partial charge in [-0.15, -0.1) is 0 Å². The van der Waals surface area contributed by atoms with E-state index in [2.05, 4.69) is 19.2 Å². The molecular formula is C19H29NO4. The number of ether oxygens (including phenoxy) is 1. The van der Waals surface area contributed by atoms with Crippen LogP contribution in [0.1, 0.15) is 52.0 Å². The molecule has 0 bridgehead atoms. The Morgan fingerprint density at radius 3 is 2.54 bits per heavy atom. The van der Waals surface area contributed by atoms with Gasteiger partial charge in [0.25, 0.3) is 0 Å². The SMILES string of the molecule is CC(C)C1CCC(C)(OC(=O)NCCc2ccc(O)c(O)c2)CC1. The lowest BCUT2D eigenvalue weighted by Crippen LogP contribution is -2.40. The molecule has 0 spiro atoms. The number of rotatable bonds is 5. The number of carbonyl (C=O) groups excluding carboxylic acids is 1. The van der Waals surface area contributed by atoms with Crippen LogP contribution in [0.4, 0.5) is 4.79 Å². The van der Waals surface area contributed by atoms with Crippen LogP contribution in [0.3, 0.4) is 0 Å². The van der Waals surface area contributed by atoms with E-state index < -0.39 is 0 Å². The fraction of sp³-hybridized carbons (Fsp3) is 0.632. The maximum absolute atomic E-state index is 12.0. The van der Waals surface area contributed by atoms with E-state index in [4.69, 9.17) is 4.74 Å². The van der Waals surface area contributed by atoms with Crippen LogP contribution in [0, 0.1) is 11.8 Å². The predicted molar refractivity (Wildman–Crippen MR) is 93.2 cm³/mol. The van der Waals surface area contributed by atoms with Crippen LogP contribution in [0.25, 0.3) is 0 Å².